The fourth-order valence-corrected chi connectivity index (χ4v) is 1.98. The number of morpholine rings is 1. The maximum atomic E-state index is 12.1. The maximum Gasteiger partial charge on any atom is 0.254 e. The third kappa shape index (κ3) is 2.27. The first-order valence-corrected chi connectivity index (χ1v) is 5.68. The number of ether oxygens (including phenoxy) is 1. The maximum absolute atomic E-state index is 12.1. The third-order valence-electron chi connectivity index (χ3n) is 2.94. The van der Waals surface area contributed by atoms with Gasteiger partial charge in [-0.3, -0.25) is 19.3 Å². The standard InChI is InChI=1S/C11H14N2O5/c14-7-8(13-9(15)1-2-10(13)16)11(17)12-3-5-18-6-4-12/h1-2,8,14H,3-7H2. The van der Waals surface area contributed by atoms with E-state index in [1.165, 1.54) is 4.90 Å². The van der Waals surface area contributed by atoms with Crippen molar-refractivity contribution < 1.29 is 24.2 Å². The van der Waals surface area contributed by atoms with E-state index in [0.717, 1.165) is 17.1 Å². The molecule has 1 fully saturated rings. The summed E-state index contributed by atoms with van der Waals surface area (Å²) in [4.78, 5) is 37.4. The molecule has 2 rings (SSSR count). The average Bonchev–Trinajstić information content (AvgIpc) is 2.72. The molecule has 7 heteroatoms. The van der Waals surface area contributed by atoms with Gasteiger partial charge in [0.25, 0.3) is 11.8 Å². The number of amides is 3. The van der Waals surface area contributed by atoms with Gasteiger partial charge in [-0.2, -0.15) is 0 Å². The Morgan fingerprint density at radius 3 is 2.33 bits per heavy atom. The molecule has 18 heavy (non-hydrogen) atoms. The minimum absolute atomic E-state index is 0.402. The Morgan fingerprint density at radius 2 is 1.83 bits per heavy atom. The Labute approximate surface area is 104 Å². The summed E-state index contributed by atoms with van der Waals surface area (Å²) in [6, 6.07) is -1.14. The smallest absolute Gasteiger partial charge is 0.254 e. The van der Waals surface area contributed by atoms with Crippen LogP contribution in [0.2, 0.25) is 0 Å². The van der Waals surface area contributed by atoms with E-state index in [2.05, 4.69) is 0 Å². The summed E-state index contributed by atoms with van der Waals surface area (Å²) in [6.45, 7) is 1.07. The number of hydrogen-bond acceptors (Lipinski definition) is 5. The summed E-state index contributed by atoms with van der Waals surface area (Å²) in [5.74, 6) is -1.56. The highest BCUT2D eigenvalue weighted by molar-refractivity contribution is 6.15. The Balaban J connectivity index is 2.10. The Kier molecular flexibility index (Phi) is 3.73. The van der Waals surface area contributed by atoms with Gasteiger partial charge < -0.3 is 14.7 Å². The zero-order chi connectivity index (χ0) is 13.1. The second-order valence-corrected chi connectivity index (χ2v) is 4.02. The highest BCUT2D eigenvalue weighted by Crippen LogP contribution is 2.12. The molecule has 2 heterocycles. The number of aliphatic hydroxyl groups excluding tert-OH is 1. The number of aliphatic hydroxyl groups is 1. The van der Waals surface area contributed by atoms with Gasteiger partial charge >= 0.3 is 0 Å². The van der Waals surface area contributed by atoms with Gasteiger partial charge in [-0.25, -0.2) is 0 Å². The number of nitrogens with zero attached hydrogens (tertiary/aromatic N) is 2. The molecule has 0 spiro atoms. The minimum Gasteiger partial charge on any atom is -0.394 e. The molecule has 1 unspecified atom stereocenters. The van der Waals surface area contributed by atoms with Gasteiger partial charge in [0.1, 0.15) is 6.04 Å². The van der Waals surface area contributed by atoms with Crippen LogP contribution in [0.1, 0.15) is 0 Å². The molecule has 98 valence electrons. The molecule has 1 N–H and O–H groups in total. The van der Waals surface area contributed by atoms with Crippen molar-refractivity contribution in [2.75, 3.05) is 32.9 Å². The van der Waals surface area contributed by atoms with Crippen molar-refractivity contribution in [2.24, 2.45) is 0 Å². The summed E-state index contributed by atoms with van der Waals surface area (Å²) in [5, 5.41) is 9.27. The summed E-state index contributed by atoms with van der Waals surface area (Å²) in [7, 11) is 0. The van der Waals surface area contributed by atoms with Gasteiger partial charge in [0.2, 0.25) is 5.91 Å². The van der Waals surface area contributed by atoms with Crippen molar-refractivity contribution in [3.05, 3.63) is 12.2 Å². The zero-order valence-electron chi connectivity index (χ0n) is 9.74. The molecule has 2 aliphatic rings. The first kappa shape index (κ1) is 12.7. The highest BCUT2D eigenvalue weighted by atomic mass is 16.5. The van der Waals surface area contributed by atoms with Crippen molar-refractivity contribution in [3.8, 4) is 0 Å². The van der Waals surface area contributed by atoms with Gasteiger partial charge in [-0.15, -0.1) is 0 Å². The average molecular weight is 254 g/mol. The number of rotatable bonds is 3. The molecule has 0 saturated carbocycles. The molecule has 7 nitrogen and oxygen atoms in total. The molecular formula is C11H14N2O5. The summed E-state index contributed by atoms with van der Waals surface area (Å²) >= 11 is 0. The van der Waals surface area contributed by atoms with Crippen molar-refractivity contribution in [2.45, 2.75) is 6.04 Å². The molecule has 0 bridgehead atoms. The molecule has 1 saturated heterocycles. The molecular weight excluding hydrogens is 240 g/mol. The van der Waals surface area contributed by atoms with E-state index < -0.39 is 30.4 Å². The van der Waals surface area contributed by atoms with Crippen LogP contribution in [-0.2, 0) is 19.1 Å². The highest BCUT2D eigenvalue weighted by Gasteiger charge is 2.37. The van der Waals surface area contributed by atoms with Crippen LogP contribution in [0, 0.1) is 0 Å². The van der Waals surface area contributed by atoms with Gasteiger partial charge in [0.05, 0.1) is 19.8 Å². The van der Waals surface area contributed by atoms with Crippen LogP contribution in [0.4, 0.5) is 0 Å². The van der Waals surface area contributed by atoms with Crippen molar-refractivity contribution in [1.29, 1.82) is 0 Å². The molecule has 0 aromatic rings. The zero-order valence-corrected chi connectivity index (χ0v) is 9.74. The summed E-state index contributed by atoms with van der Waals surface area (Å²) < 4.78 is 5.11. The largest absolute Gasteiger partial charge is 0.394 e. The van der Waals surface area contributed by atoms with Crippen LogP contribution in [0.3, 0.4) is 0 Å². The Bertz CT molecular complexity index is 382. The van der Waals surface area contributed by atoms with Gasteiger partial charge in [0.15, 0.2) is 0 Å². The third-order valence-corrected chi connectivity index (χ3v) is 2.94. The van der Waals surface area contributed by atoms with E-state index in [1.807, 2.05) is 0 Å². The van der Waals surface area contributed by atoms with Crippen LogP contribution in [0.15, 0.2) is 12.2 Å². The van der Waals surface area contributed by atoms with E-state index >= 15 is 0 Å². The number of hydrogen-bond donors (Lipinski definition) is 1. The predicted octanol–water partition coefficient (Wildman–Crippen LogP) is -1.87. The topological polar surface area (TPSA) is 87.2 Å². The lowest BCUT2D eigenvalue weighted by Gasteiger charge is -2.32. The number of imide groups is 1. The molecule has 3 amide bonds. The van der Waals surface area contributed by atoms with Crippen LogP contribution < -0.4 is 0 Å². The van der Waals surface area contributed by atoms with E-state index in [0.29, 0.717) is 26.3 Å². The van der Waals surface area contributed by atoms with Crippen LogP contribution >= 0.6 is 0 Å². The number of carbonyl (C=O) groups is 3. The van der Waals surface area contributed by atoms with Crippen molar-refractivity contribution >= 4 is 17.7 Å². The SMILES string of the molecule is O=C(C(CO)N1C(=O)C=CC1=O)N1CCOCC1. The quantitative estimate of drug-likeness (QED) is 0.596. The first-order valence-electron chi connectivity index (χ1n) is 5.68. The van der Waals surface area contributed by atoms with Gasteiger partial charge in [-0.05, 0) is 0 Å². The monoisotopic (exact) mass is 254 g/mol. The Hall–Kier alpha value is -1.73. The predicted molar refractivity (Wildman–Crippen MR) is 59.3 cm³/mol. The Morgan fingerprint density at radius 1 is 1.28 bits per heavy atom. The molecule has 2 aliphatic heterocycles. The van der Waals surface area contributed by atoms with Crippen molar-refractivity contribution in [3.63, 3.8) is 0 Å². The van der Waals surface area contributed by atoms with Crippen LogP contribution in [0.25, 0.3) is 0 Å². The summed E-state index contributed by atoms with van der Waals surface area (Å²) in [5.41, 5.74) is 0. The lowest BCUT2D eigenvalue weighted by atomic mass is 10.2. The molecule has 0 aromatic heterocycles. The first-order chi connectivity index (χ1) is 8.65. The van der Waals surface area contributed by atoms with E-state index in [9.17, 15) is 19.5 Å². The second kappa shape index (κ2) is 5.28. The molecule has 0 aromatic carbocycles. The lowest BCUT2D eigenvalue weighted by molar-refractivity contribution is -0.153. The van der Waals surface area contributed by atoms with E-state index in [-0.39, 0.29) is 0 Å². The van der Waals surface area contributed by atoms with E-state index in [4.69, 9.17) is 4.74 Å². The normalized spacial score (nSPS) is 21.6. The molecule has 0 aliphatic carbocycles. The minimum atomic E-state index is -1.14. The number of carbonyl (C=O) groups excluding carboxylic acids is 3. The van der Waals surface area contributed by atoms with Gasteiger partial charge in [-0.1, -0.05) is 0 Å². The fourth-order valence-electron chi connectivity index (χ4n) is 1.98. The lowest BCUT2D eigenvalue weighted by Crippen LogP contribution is -2.55. The molecule has 1 atom stereocenters. The second-order valence-electron chi connectivity index (χ2n) is 4.02. The summed E-state index contributed by atoms with van der Waals surface area (Å²) in [6.07, 6.45) is 2.19. The molecule has 0 radical (unpaired) electrons. The fraction of sp³-hybridized carbons (Fsp3) is 0.545. The van der Waals surface area contributed by atoms with Gasteiger partial charge in [0, 0.05) is 25.2 Å². The van der Waals surface area contributed by atoms with Crippen molar-refractivity contribution in [1.82, 2.24) is 9.80 Å². The van der Waals surface area contributed by atoms with E-state index in [1.54, 1.807) is 0 Å². The van der Waals surface area contributed by atoms with Crippen LogP contribution in [0.5, 0.6) is 0 Å². The van der Waals surface area contributed by atoms with Crippen LogP contribution in [-0.4, -0.2) is 71.6 Å².